The second kappa shape index (κ2) is 10.3. The largest absolute Gasteiger partial charge is 0.496 e. The predicted molar refractivity (Wildman–Crippen MR) is 127 cm³/mol. The van der Waals surface area contributed by atoms with E-state index >= 15 is 0 Å². The summed E-state index contributed by atoms with van der Waals surface area (Å²) in [6.07, 6.45) is 0.934. The number of thiazole rings is 1. The van der Waals surface area contributed by atoms with E-state index in [9.17, 15) is 9.59 Å². The van der Waals surface area contributed by atoms with E-state index in [1.54, 1.807) is 46.4 Å². The molecule has 0 bridgehead atoms. The summed E-state index contributed by atoms with van der Waals surface area (Å²) in [7, 11) is 1.63. The van der Waals surface area contributed by atoms with Crippen LogP contribution in [0.25, 0.3) is 9.88 Å². The van der Waals surface area contributed by atoms with Gasteiger partial charge in [-0.1, -0.05) is 24.3 Å². The van der Waals surface area contributed by atoms with E-state index in [0.29, 0.717) is 31.0 Å². The lowest BCUT2D eigenvalue weighted by atomic mass is 10.1. The Bertz CT molecular complexity index is 1040. The fourth-order valence-corrected chi connectivity index (χ4v) is 6.21. The molecule has 1 saturated heterocycles. The quantitative estimate of drug-likeness (QED) is 0.535. The molecule has 9 heteroatoms. The average Bonchev–Trinajstić information content (AvgIpc) is 3.56. The zero-order valence-corrected chi connectivity index (χ0v) is 19.5. The van der Waals surface area contributed by atoms with Gasteiger partial charge >= 0.3 is 0 Å². The number of para-hydroxylation sites is 1. The van der Waals surface area contributed by atoms with Crippen molar-refractivity contribution in [3.63, 3.8) is 0 Å². The maximum atomic E-state index is 12.8. The Hall–Kier alpha value is -2.36. The van der Waals surface area contributed by atoms with Crippen LogP contribution < -0.4 is 10.1 Å². The highest BCUT2D eigenvalue weighted by Crippen LogP contribution is 2.28. The number of ether oxygens (including phenoxy) is 1. The zero-order valence-electron chi connectivity index (χ0n) is 17.1. The van der Waals surface area contributed by atoms with Gasteiger partial charge in [-0.05, 0) is 29.5 Å². The van der Waals surface area contributed by atoms with Crippen molar-refractivity contribution in [2.24, 2.45) is 0 Å². The van der Waals surface area contributed by atoms with Crippen LogP contribution in [0.1, 0.15) is 17.7 Å². The van der Waals surface area contributed by atoms with Crippen LogP contribution in [0.15, 0.2) is 47.2 Å². The first-order valence-electron chi connectivity index (χ1n) is 9.91. The maximum Gasteiger partial charge on any atom is 0.244 e. The Kier molecular flexibility index (Phi) is 7.26. The van der Waals surface area contributed by atoms with Crippen LogP contribution in [-0.2, 0) is 22.6 Å². The van der Waals surface area contributed by atoms with Crippen LogP contribution in [0.4, 0.5) is 0 Å². The molecule has 1 N–H and O–H groups in total. The minimum absolute atomic E-state index is 0.00954. The van der Waals surface area contributed by atoms with Crippen LogP contribution in [0.3, 0.4) is 0 Å². The molecule has 1 fully saturated rings. The molecule has 162 valence electrons. The van der Waals surface area contributed by atoms with E-state index in [1.165, 1.54) is 0 Å². The fraction of sp³-hybridized carbons (Fsp3) is 0.318. The molecule has 0 radical (unpaired) electrons. The normalized spacial score (nSPS) is 15.8. The summed E-state index contributed by atoms with van der Waals surface area (Å²) in [5, 5.41) is 7.91. The molecule has 0 spiro atoms. The van der Waals surface area contributed by atoms with Gasteiger partial charge in [0.05, 0.1) is 30.1 Å². The molecule has 3 aromatic rings. The molecule has 1 aliphatic rings. The fourth-order valence-electron chi connectivity index (χ4n) is 3.40. The summed E-state index contributed by atoms with van der Waals surface area (Å²) in [5.41, 5.74) is 1.83. The number of nitrogens with zero attached hydrogens (tertiary/aromatic N) is 2. The summed E-state index contributed by atoms with van der Waals surface area (Å²) in [6.45, 7) is 0.366. The number of carbonyl (C=O) groups is 2. The Morgan fingerprint density at radius 3 is 2.90 bits per heavy atom. The number of hydrogen-bond donors (Lipinski definition) is 1. The van der Waals surface area contributed by atoms with Crippen LogP contribution in [0.5, 0.6) is 5.75 Å². The monoisotopic (exact) mass is 473 g/mol. The van der Waals surface area contributed by atoms with Gasteiger partial charge in [0.25, 0.3) is 0 Å². The molecule has 4 rings (SSSR count). The van der Waals surface area contributed by atoms with E-state index in [-0.39, 0.29) is 11.8 Å². The number of aromatic nitrogens is 1. The van der Waals surface area contributed by atoms with E-state index in [4.69, 9.17) is 4.74 Å². The first-order chi connectivity index (χ1) is 15.2. The van der Waals surface area contributed by atoms with Gasteiger partial charge in [0.2, 0.25) is 11.8 Å². The van der Waals surface area contributed by atoms with Crippen molar-refractivity contribution in [3.8, 4) is 15.6 Å². The number of aryl methyl sites for hydroxylation is 1. The summed E-state index contributed by atoms with van der Waals surface area (Å²) >= 11 is 4.83. The van der Waals surface area contributed by atoms with Crippen molar-refractivity contribution in [1.29, 1.82) is 0 Å². The Morgan fingerprint density at radius 1 is 1.23 bits per heavy atom. The van der Waals surface area contributed by atoms with Crippen molar-refractivity contribution in [2.45, 2.75) is 25.4 Å². The molecule has 1 atom stereocenters. The molecule has 0 aliphatic carbocycles. The second-order valence-electron chi connectivity index (χ2n) is 7.03. The minimum atomic E-state index is -0.439. The van der Waals surface area contributed by atoms with Gasteiger partial charge in [-0.25, -0.2) is 4.98 Å². The van der Waals surface area contributed by atoms with Crippen molar-refractivity contribution in [3.05, 3.63) is 58.4 Å². The smallest absolute Gasteiger partial charge is 0.244 e. The predicted octanol–water partition coefficient (Wildman–Crippen LogP) is 4.03. The number of methoxy groups -OCH3 is 1. The van der Waals surface area contributed by atoms with Crippen molar-refractivity contribution >= 4 is 46.2 Å². The van der Waals surface area contributed by atoms with E-state index in [1.807, 2.05) is 47.2 Å². The number of benzene rings is 1. The highest BCUT2D eigenvalue weighted by molar-refractivity contribution is 7.99. The lowest BCUT2D eigenvalue weighted by molar-refractivity contribution is -0.138. The van der Waals surface area contributed by atoms with Gasteiger partial charge < -0.3 is 15.0 Å². The van der Waals surface area contributed by atoms with Gasteiger partial charge in [0.15, 0.2) is 0 Å². The molecule has 3 heterocycles. The zero-order chi connectivity index (χ0) is 21.6. The highest BCUT2D eigenvalue weighted by atomic mass is 32.2. The molecular formula is C22H23N3O3S3. The molecule has 2 amide bonds. The van der Waals surface area contributed by atoms with Crippen LogP contribution in [-0.4, -0.2) is 46.5 Å². The lowest BCUT2D eigenvalue weighted by Crippen LogP contribution is -2.47. The summed E-state index contributed by atoms with van der Waals surface area (Å²) in [6, 6.07) is 11.3. The number of thioether (sulfide) groups is 1. The third kappa shape index (κ3) is 5.28. The first kappa shape index (κ1) is 21.9. The second-order valence-corrected chi connectivity index (χ2v) is 9.84. The average molecular weight is 474 g/mol. The summed E-state index contributed by atoms with van der Waals surface area (Å²) < 4.78 is 5.36. The number of rotatable bonds is 8. The highest BCUT2D eigenvalue weighted by Gasteiger charge is 2.34. The topological polar surface area (TPSA) is 71.5 Å². The Labute approximate surface area is 193 Å². The van der Waals surface area contributed by atoms with E-state index in [0.717, 1.165) is 26.9 Å². The Morgan fingerprint density at radius 2 is 2.10 bits per heavy atom. The number of thiophene rings is 1. The Balaban J connectivity index is 1.31. The third-order valence-electron chi connectivity index (χ3n) is 5.03. The molecular weight excluding hydrogens is 450 g/mol. The summed E-state index contributed by atoms with van der Waals surface area (Å²) in [5.74, 6) is 1.81. The third-order valence-corrected chi connectivity index (χ3v) is 7.98. The minimum Gasteiger partial charge on any atom is -0.496 e. The maximum absolute atomic E-state index is 12.8. The van der Waals surface area contributed by atoms with Gasteiger partial charge in [0.1, 0.15) is 16.8 Å². The van der Waals surface area contributed by atoms with Gasteiger partial charge in [0, 0.05) is 17.6 Å². The van der Waals surface area contributed by atoms with Crippen molar-refractivity contribution < 1.29 is 14.3 Å². The molecule has 6 nitrogen and oxygen atoms in total. The molecule has 0 unspecified atom stereocenters. The number of nitrogens with one attached hydrogen (secondary N) is 1. The molecule has 31 heavy (non-hydrogen) atoms. The number of hydrogen-bond acceptors (Lipinski definition) is 7. The van der Waals surface area contributed by atoms with Crippen molar-refractivity contribution in [2.75, 3.05) is 18.7 Å². The SMILES string of the molecule is COc1ccccc1CCC(=O)N1CSC[C@@H]1C(=O)NCc1csc(-c2cccs2)n1. The summed E-state index contributed by atoms with van der Waals surface area (Å²) in [4.78, 5) is 33.0. The van der Waals surface area contributed by atoms with Crippen molar-refractivity contribution in [1.82, 2.24) is 15.2 Å². The van der Waals surface area contributed by atoms with E-state index in [2.05, 4.69) is 10.3 Å². The van der Waals surface area contributed by atoms with E-state index < -0.39 is 6.04 Å². The molecule has 0 saturated carbocycles. The van der Waals surface area contributed by atoms with Gasteiger partial charge in [-0.15, -0.1) is 34.4 Å². The first-order valence-corrected chi connectivity index (χ1v) is 12.8. The molecule has 1 aliphatic heterocycles. The lowest BCUT2D eigenvalue weighted by Gasteiger charge is -2.23. The van der Waals surface area contributed by atoms with Gasteiger partial charge in [-0.3, -0.25) is 9.59 Å². The van der Waals surface area contributed by atoms with Crippen LogP contribution in [0, 0.1) is 0 Å². The van der Waals surface area contributed by atoms with Crippen LogP contribution in [0.2, 0.25) is 0 Å². The van der Waals surface area contributed by atoms with Gasteiger partial charge in [-0.2, -0.15) is 0 Å². The number of amides is 2. The standard InChI is InChI=1S/C22H23N3O3S3/c1-28-18-6-3-2-5-15(18)8-9-20(26)25-14-29-13-17(25)21(27)23-11-16-12-31-22(24-16)19-7-4-10-30-19/h2-7,10,12,17H,8-9,11,13-14H2,1H3,(H,23,27)/t17-/m1/s1. The number of carbonyl (C=O) groups excluding carboxylic acids is 2. The molecule has 2 aromatic heterocycles. The van der Waals surface area contributed by atoms with Crippen LogP contribution >= 0.6 is 34.4 Å². The molecule has 1 aromatic carbocycles.